The van der Waals surface area contributed by atoms with Crippen LogP contribution < -0.4 is 10.1 Å². The molecule has 0 bridgehead atoms. The first-order chi connectivity index (χ1) is 9.86. The van der Waals surface area contributed by atoms with Crippen molar-refractivity contribution in [2.45, 2.75) is 32.9 Å². The number of benzene rings is 1. The molecular weight excluding hydrogens is 288 g/mol. The molecule has 5 nitrogen and oxygen atoms in total. The number of rotatable bonds is 9. The number of ether oxygens (including phenoxy) is 1. The zero-order valence-corrected chi connectivity index (χ0v) is 14.1. The van der Waals surface area contributed by atoms with Gasteiger partial charge in [0.05, 0.1) is 12.9 Å². The molecule has 0 saturated heterocycles. The summed E-state index contributed by atoms with van der Waals surface area (Å²) < 4.78 is 31.1. The second kappa shape index (κ2) is 8.36. The molecule has 0 radical (unpaired) electrons. The summed E-state index contributed by atoms with van der Waals surface area (Å²) in [5.74, 6) is 0.860. The third-order valence-corrected chi connectivity index (χ3v) is 5.08. The van der Waals surface area contributed by atoms with Crippen molar-refractivity contribution in [3.63, 3.8) is 0 Å². The predicted octanol–water partition coefficient (Wildman–Crippen LogP) is 1.84. The molecule has 0 amide bonds. The van der Waals surface area contributed by atoms with Crippen LogP contribution in [0, 0.1) is 0 Å². The molecule has 0 aliphatic rings. The van der Waals surface area contributed by atoms with Gasteiger partial charge < -0.3 is 10.1 Å². The zero-order chi connectivity index (χ0) is 15.9. The standard InChI is InChI=1S/C15H26N2O3S/c1-13(2)16-10-7-11-21(18,19)17(3)12-14-8-5-6-9-15(14)20-4/h5-6,8-9,13,16H,7,10-12H2,1-4H3. The maximum atomic E-state index is 12.2. The summed E-state index contributed by atoms with van der Waals surface area (Å²) in [7, 11) is -0.0466. The van der Waals surface area contributed by atoms with E-state index in [2.05, 4.69) is 5.32 Å². The lowest BCUT2D eigenvalue weighted by Crippen LogP contribution is -2.31. The molecule has 0 aliphatic heterocycles. The fraction of sp³-hybridized carbons (Fsp3) is 0.600. The van der Waals surface area contributed by atoms with Crippen LogP contribution in [0.3, 0.4) is 0 Å². The normalized spacial score (nSPS) is 12.1. The summed E-state index contributed by atoms with van der Waals surface area (Å²) in [5, 5.41) is 3.22. The largest absolute Gasteiger partial charge is 0.496 e. The van der Waals surface area contributed by atoms with Crippen molar-refractivity contribution in [2.24, 2.45) is 0 Å². The average molecular weight is 314 g/mol. The molecular formula is C15H26N2O3S. The monoisotopic (exact) mass is 314 g/mol. The van der Waals surface area contributed by atoms with Gasteiger partial charge in [-0.05, 0) is 19.0 Å². The molecule has 0 saturated carbocycles. The fourth-order valence-corrected chi connectivity index (χ4v) is 3.13. The highest BCUT2D eigenvalue weighted by Gasteiger charge is 2.18. The minimum Gasteiger partial charge on any atom is -0.496 e. The van der Waals surface area contributed by atoms with Crippen molar-refractivity contribution < 1.29 is 13.2 Å². The Kier molecular flexibility index (Phi) is 7.14. The maximum absolute atomic E-state index is 12.2. The van der Waals surface area contributed by atoms with E-state index in [1.807, 2.05) is 38.1 Å². The van der Waals surface area contributed by atoms with E-state index >= 15 is 0 Å². The Bertz CT molecular complexity index is 529. The highest BCUT2D eigenvalue weighted by molar-refractivity contribution is 7.89. The van der Waals surface area contributed by atoms with E-state index in [1.54, 1.807) is 14.2 Å². The number of nitrogens with zero attached hydrogens (tertiary/aromatic N) is 1. The molecule has 1 rings (SSSR count). The van der Waals surface area contributed by atoms with E-state index < -0.39 is 10.0 Å². The van der Waals surface area contributed by atoms with Gasteiger partial charge in [0, 0.05) is 25.2 Å². The quantitative estimate of drug-likeness (QED) is 0.707. The summed E-state index contributed by atoms with van der Waals surface area (Å²) in [6, 6.07) is 7.84. The third kappa shape index (κ3) is 6.03. The summed E-state index contributed by atoms with van der Waals surface area (Å²) in [4.78, 5) is 0. The van der Waals surface area contributed by atoms with Crippen LogP contribution in [0.5, 0.6) is 5.75 Å². The van der Waals surface area contributed by atoms with Gasteiger partial charge in [-0.1, -0.05) is 32.0 Å². The molecule has 0 atom stereocenters. The zero-order valence-electron chi connectivity index (χ0n) is 13.3. The number of para-hydroxylation sites is 1. The highest BCUT2D eigenvalue weighted by atomic mass is 32.2. The topological polar surface area (TPSA) is 58.6 Å². The van der Waals surface area contributed by atoms with Gasteiger partial charge in [0.1, 0.15) is 5.75 Å². The van der Waals surface area contributed by atoms with Gasteiger partial charge in [0.2, 0.25) is 10.0 Å². The molecule has 0 aliphatic carbocycles. The van der Waals surface area contributed by atoms with E-state index in [9.17, 15) is 8.42 Å². The fourth-order valence-electron chi connectivity index (χ4n) is 1.97. The molecule has 1 N–H and O–H groups in total. The lowest BCUT2D eigenvalue weighted by atomic mass is 10.2. The van der Waals surface area contributed by atoms with Crippen molar-refractivity contribution in [1.29, 1.82) is 0 Å². The molecule has 1 aromatic carbocycles. The number of nitrogens with one attached hydrogen (secondary N) is 1. The minimum atomic E-state index is -3.24. The van der Waals surface area contributed by atoms with Crippen LogP contribution in [0.25, 0.3) is 0 Å². The summed E-state index contributed by atoms with van der Waals surface area (Å²) >= 11 is 0. The van der Waals surface area contributed by atoms with Crippen molar-refractivity contribution in [3.05, 3.63) is 29.8 Å². The van der Waals surface area contributed by atoms with Gasteiger partial charge in [-0.25, -0.2) is 12.7 Å². The van der Waals surface area contributed by atoms with Crippen molar-refractivity contribution in [2.75, 3.05) is 26.5 Å². The van der Waals surface area contributed by atoms with E-state index in [4.69, 9.17) is 4.74 Å². The van der Waals surface area contributed by atoms with Crippen molar-refractivity contribution >= 4 is 10.0 Å². The molecule has 0 unspecified atom stereocenters. The second-order valence-electron chi connectivity index (χ2n) is 5.35. The van der Waals surface area contributed by atoms with Crippen molar-refractivity contribution in [3.8, 4) is 5.75 Å². The van der Waals surface area contributed by atoms with E-state index in [0.717, 1.165) is 5.56 Å². The Hall–Kier alpha value is -1.11. The Labute approximate surface area is 128 Å². The highest BCUT2D eigenvalue weighted by Crippen LogP contribution is 2.20. The molecule has 21 heavy (non-hydrogen) atoms. The van der Waals surface area contributed by atoms with Gasteiger partial charge in [0.25, 0.3) is 0 Å². The minimum absolute atomic E-state index is 0.151. The molecule has 120 valence electrons. The maximum Gasteiger partial charge on any atom is 0.214 e. The third-order valence-electron chi connectivity index (χ3n) is 3.19. The van der Waals surface area contributed by atoms with Crippen LogP contribution in [0.1, 0.15) is 25.8 Å². The average Bonchev–Trinajstić information content (AvgIpc) is 2.44. The van der Waals surface area contributed by atoms with Crippen LogP contribution in [0.2, 0.25) is 0 Å². The van der Waals surface area contributed by atoms with E-state index in [0.29, 0.717) is 31.3 Å². The lowest BCUT2D eigenvalue weighted by molar-refractivity contribution is 0.398. The number of sulfonamides is 1. The van der Waals surface area contributed by atoms with Crippen LogP contribution in [0.15, 0.2) is 24.3 Å². The molecule has 1 aromatic rings. The summed E-state index contributed by atoms with van der Waals surface area (Å²) in [6.07, 6.45) is 0.608. The lowest BCUT2D eigenvalue weighted by Gasteiger charge is -2.19. The van der Waals surface area contributed by atoms with Gasteiger partial charge in [-0.3, -0.25) is 0 Å². The number of hydrogen-bond donors (Lipinski definition) is 1. The van der Waals surface area contributed by atoms with Crippen LogP contribution in [0.4, 0.5) is 0 Å². The molecule has 6 heteroatoms. The summed E-state index contributed by atoms with van der Waals surface area (Å²) in [6.45, 7) is 5.12. The smallest absolute Gasteiger partial charge is 0.214 e. The van der Waals surface area contributed by atoms with Gasteiger partial charge in [-0.2, -0.15) is 0 Å². The van der Waals surface area contributed by atoms with E-state index in [1.165, 1.54) is 4.31 Å². The SMILES string of the molecule is COc1ccccc1CN(C)S(=O)(=O)CCCNC(C)C. The Morgan fingerprint density at radius 3 is 2.57 bits per heavy atom. The summed E-state index contributed by atoms with van der Waals surface area (Å²) in [5.41, 5.74) is 0.867. The first-order valence-electron chi connectivity index (χ1n) is 7.16. The Balaban J connectivity index is 2.58. The number of methoxy groups -OCH3 is 1. The van der Waals surface area contributed by atoms with Crippen LogP contribution in [-0.2, 0) is 16.6 Å². The van der Waals surface area contributed by atoms with E-state index in [-0.39, 0.29) is 5.75 Å². The first-order valence-corrected chi connectivity index (χ1v) is 8.77. The molecule has 0 spiro atoms. The predicted molar refractivity (Wildman–Crippen MR) is 86.0 cm³/mol. The Morgan fingerprint density at radius 2 is 1.95 bits per heavy atom. The Morgan fingerprint density at radius 1 is 1.29 bits per heavy atom. The first kappa shape index (κ1) is 17.9. The van der Waals surface area contributed by atoms with Gasteiger partial charge in [-0.15, -0.1) is 0 Å². The molecule has 0 fully saturated rings. The molecule has 0 heterocycles. The van der Waals surface area contributed by atoms with Crippen molar-refractivity contribution in [1.82, 2.24) is 9.62 Å². The number of hydrogen-bond acceptors (Lipinski definition) is 4. The van der Waals surface area contributed by atoms with Crippen LogP contribution in [-0.4, -0.2) is 45.2 Å². The molecule has 0 aromatic heterocycles. The van der Waals surface area contributed by atoms with Gasteiger partial charge >= 0.3 is 0 Å². The van der Waals surface area contributed by atoms with Crippen LogP contribution >= 0.6 is 0 Å². The van der Waals surface area contributed by atoms with Gasteiger partial charge in [0.15, 0.2) is 0 Å². The second-order valence-corrected chi connectivity index (χ2v) is 7.54.